The highest BCUT2D eigenvalue weighted by Crippen LogP contribution is 2.57. The first-order chi connectivity index (χ1) is 12.9. The molecule has 1 saturated heterocycles. The topological polar surface area (TPSA) is 58.2 Å². The van der Waals surface area contributed by atoms with E-state index in [1.807, 2.05) is 0 Å². The van der Waals surface area contributed by atoms with Crippen molar-refractivity contribution in [2.24, 2.45) is 5.92 Å². The van der Waals surface area contributed by atoms with Crippen molar-refractivity contribution in [2.75, 3.05) is 5.32 Å². The predicted molar refractivity (Wildman–Crippen MR) is 101 cm³/mol. The number of carbonyl (C=O) groups is 2. The molecular formula is C20H15Cl2FN2O2. The van der Waals surface area contributed by atoms with Crippen molar-refractivity contribution in [2.45, 2.75) is 30.3 Å². The van der Waals surface area contributed by atoms with Crippen molar-refractivity contribution in [1.82, 2.24) is 5.32 Å². The van der Waals surface area contributed by atoms with Crippen LogP contribution in [0.25, 0.3) is 0 Å². The highest BCUT2D eigenvalue weighted by atomic mass is 35.5. The fourth-order valence-corrected chi connectivity index (χ4v) is 5.40. The molecule has 0 unspecified atom stereocenters. The third-order valence-corrected chi connectivity index (χ3v) is 6.60. The van der Waals surface area contributed by atoms with Gasteiger partial charge in [-0.2, -0.15) is 0 Å². The maximum absolute atomic E-state index is 15.0. The van der Waals surface area contributed by atoms with E-state index >= 15 is 4.39 Å². The normalized spacial score (nSPS) is 31.3. The number of rotatable bonds is 1. The lowest BCUT2D eigenvalue weighted by Gasteiger charge is -2.32. The van der Waals surface area contributed by atoms with Crippen molar-refractivity contribution in [3.05, 3.63) is 63.4 Å². The number of carbonyl (C=O) groups excluding carboxylic acids is 2. The maximum Gasteiger partial charge on any atom is 0.250 e. The van der Waals surface area contributed by atoms with Crippen LogP contribution in [0.4, 0.5) is 10.1 Å². The highest BCUT2D eigenvalue weighted by molar-refractivity contribution is 6.31. The Balaban J connectivity index is 1.78. The summed E-state index contributed by atoms with van der Waals surface area (Å²) in [6.45, 7) is 0. The van der Waals surface area contributed by atoms with Gasteiger partial charge in [0.05, 0.1) is 5.02 Å². The summed E-state index contributed by atoms with van der Waals surface area (Å²) in [4.78, 5) is 25.9. The van der Waals surface area contributed by atoms with E-state index in [0.29, 0.717) is 29.1 Å². The van der Waals surface area contributed by atoms with Gasteiger partial charge in [0.15, 0.2) is 0 Å². The third kappa shape index (κ3) is 2.19. The van der Waals surface area contributed by atoms with E-state index < -0.39 is 23.2 Å². The molecule has 0 radical (unpaired) electrons. The predicted octanol–water partition coefficient (Wildman–Crippen LogP) is 4.01. The van der Waals surface area contributed by atoms with Crippen molar-refractivity contribution in [1.29, 1.82) is 0 Å². The molecule has 2 N–H and O–H groups in total. The summed E-state index contributed by atoms with van der Waals surface area (Å²) in [5.41, 5.74) is 0.329. The molecule has 2 aromatic rings. The number of hydrogen-bond acceptors (Lipinski definition) is 3. The number of nitrogens with one attached hydrogen (secondary N) is 2. The Hall–Kier alpha value is -1.95. The molecule has 2 heterocycles. The zero-order chi connectivity index (χ0) is 18.9. The van der Waals surface area contributed by atoms with Gasteiger partial charge in [-0.05, 0) is 30.2 Å². The summed E-state index contributed by atoms with van der Waals surface area (Å²) in [6, 6.07) is 9.68. The minimum Gasteiger partial charge on any atom is -0.324 e. The van der Waals surface area contributed by atoms with Crippen LogP contribution in [0.2, 0.25) is 10.0 Å². The van der Waals surface area contributed by atoms with Crippen LogP contribution in [0.3, 0.4) is 0 Å². The molecule has 5 rings (SSSR count). The molecule has 7 heteroatoms. The van der Waals surface area contributed by atoms with Crippen LogP contribution >= 0.6 is 23.2 Å². The molecule has 3 aliphatic rings. The molecule has 2 aromatic carbocycles. The Kier molecular flexibility index (Phi) is 3.67. The quantitative estimate of drug-likeness (QED) is 0.754. The molecular weight excluding hydrogens is 390 g/mol. The Bertz CT molecular complexity index is 1010. The Morgan fingerprint density at radius 2 is 1.96 bits per heavy atom. The number of hydrogen-bond donors (Lipinski definition) is 2. The minimum absolute atomic E-state index is 0.0220. The van der Waals surface area contributed by atoms with Crippen molar-refractivity contribution in [3.8, 4) is 0 Å². The monoisotopic (exact) mass is 404 g/mol. The second-order valence-corrected chi connectivity index (χ2v) is 8.20. The van der Waals surface area contributed by atoms with E-state index in [1.165, 1.54) is 6.07 Å². The lowest BCUT2D eigenvalue weighted by molar-refractivity contribution is -0.123. The second-order valence-electron chi connectivity index (χ2n) is 7.35. The molecule has 2 aliphatic heterocycles. The average Bonchev–Trinajstić information content (AvgIpc) is 3.24. The highest BCUT2D eigenvalue weighted by Gasteiger charge is 2.65. The lowest BCUT2D eigenvalue weighted by atomic mass is 9.71. The van der Waals surface area contributed by atoms with E-state index in [-0.39, 0.29) is 28.3 Å². The van der Waals surface area contributed by atoms with Crippen LogP contribution in [0, 0.1) is 11.7 Å². The molecule has 0 bridgehead atoms. The first kappa shape index (κ1) is 17.2. The van der Waals surface area contributed by atoms with Gasteiger partial charge in [0.25, 0.3) is 0 Å². The standard InChI is InChI=1S/C20H15Cl2FN2O2/c21-9-4-5-11-14(8-9)24-19(27)20(11)17(10-2-1-3-12(22)18(10)23)16-13(25-20)6-7-15(16)26/h1-5,8,13,16-17,25H,6-7H2,(H,24,27)/t13-,16-,17-,20-/m1/s1. The number of amides is 1. The maximum atomic E-state index is 15.0. The lowest BCUT2D eigenvalue weighted by Crippen LogP contribution is -2.49. The molecule has 138 valence electrons. The SMILES string of the molecule is O=C1CC[C@H]2N[C@@]3(C(=O)Nc4cc(Cl)ccc43)[C@H](c3cccc(Cl)c3F)[C@@H]12. The number of ketones is 1. The van der Waals surface area contributed by atoms with E-state index in [1.54, 1.807) is 30.3 Å². The molecule has 0 aromatic heterocycles. The number of benzene rings is 2. The van der Waals surface area contributed by atoms with Crippen LogP contribution in [0.1, 0.15) is 29.9 Å². The number of Topliss-reactive ketones (excluding diaryl/α,β-unsaturated/α-hetero) is 1. The van der Waals surface area contributed by atoms with Gasteiger partial charge in [-0.1, -0.05) is 41.4 Å². The molecule has 1 saturated carbocycles. The van der Waals surface area contributed by atoms with Gasteiger partial charge in [0.1, 0.15) is 17.1 Å². The summed E-state index contributed by atoms with van der Waals surface area (Å²) >= 11 is 12.1. The number of fused-ring (bicyclic) bond motifs is 3. The third-order valence-electron chi connectivity index (χ3n) is 6.08. The van der Waals surface area contributed by atoms with Crippen LogP contribution in [0.5, 0.6) is 0 Å². The van der Waals surface area contributed by atoms with E-state index in [9.17, 15) is 9.59 Å². The fraction of sp³-hybridized carbons (Fsp3) is 0.300. The van der Waals surface area contributed by atoms with Crippen LogP contribution in [0.15, 0.2) is 36.4 Å². The van der Waals surface area contributed by atoms with Gasteiger partial charge in [-0.15, -0.1) is 0 Å². The van der Waals surface area contributed by atoms with Crippen molar-refractivity contribution < 1.29 is 14.0 Å². The van der Waals surface area contributed by atoms with Crippen molar-refractivity contribution in [3.63, 3.8) is 0 Å². The summed E-state index contributed by atoms with van der Waals surface area (Å²) in [7, 11) is 0. The molecule has 1 spiro atoms. The average molecular weight is 405 g/mol. The van der Waals surface area contributed by atoms with Gasteiger partial charge >= 0.3 is 0 Å². The fourth-order valence-electron chi connectivity index (χ4n) is 5.05. The summed E-state index contributed by atoms with van der Waals surface area (Å²) in [6.07, 6.45) is 1.05. The van der Waals surface area contributed by atoms with Gasteiger partial charge in [-0.25, -0.2) is 4.39 Å². The summed E-state index contributed by atoms with van der Waals surface area (Å²) < 4.78 is 15.0. The Morgan fingerprint density at radius 3 is 2.78 bits per heavy atom. The van der Waals surface area contributed by atoms with Crippen molar-refractivity contribution >= 4 is 40.6 Å². The van der Waals surface area contributed by atoms with Gasteiger partial charge in [-0.3, -0.25) is 14.9 Å². The van der Waals surface area contributed by atoms with Gasteiger partial charge in [0.2, 0.25) is 5.91 Å². The zero-order valence-electron chi connectivity index (χ0n) is 14.1. The summed E-state index contributed by atoms with van der Waals surface area (Å²) in [5.74, 6) is -2.00. The zero-order valence-corrected chi connectivity index (χ0v) is 15.6. The second kappa shape index (κ2) is 5.77. The van der Waals surface area contributed by atoms with Gasteiger partial charge < -0.3 is 5.32 Å². The molecule has 1 aliphatic carbocycles. The van der Waals surface area contributed by atoms with E-state index in [2.05, 4.69) is 10.6 Å². The largest absolute Gasteiger partial charge is 0.324 e. The van der Waals surface area contributed by atoms with Crippen LogP contribution in [-0.2, 0) is 15.1 Å². The summed E-state index contributed by atoms with van der Waals surface area (Å²) in [5, 5.41) is 6.72. The smallest absolute Gasteiger partial charge is 0.250 e. The van der Waals surface area contributed by atoms with Gasteiger partial charge in [0, 0.05) is 40.6 Å². The molecule has 1 amide bonds. The van der Waals surface area contributed by atoms with E-state index in [0.717, 1.165) is 0 Å². The molecule has 4 nitrogen and oxygen atoms in total. The Morgan fingerprint density at radius 1 is 1.15 bits per heavy atom. The van der Waals surface area contributed by atoms with E-state index in [4.69, 9.17) is 23.2 Å². The molecule has 4 atom stereocenters. The first-order valence-corrected chi connectivity index (χ1v) is 9.55. The number of anilines is 1. The molecule has 27 heavy (non-hydrogen) atoms. The first-order valence-electron chi connectivity index (χ1n) is 8.79. The minimum atomic E-state index is -1.23. The Labute approximate surface area is 165 Å². The number of halogens is 3. The molecule has 2 fully saturated rings. The van der Waals surface area contributed by atoms with Crippen LogP contribution < -0.4 is 10.6 Å². The van der Waals surface area contributed by atoms with Crippen LogP contribution in [-0.4, -0.2) is 17.7 Å².